The molecular formula is C9H22N2O. The van der Waals surface area contributed by atoms with Crippen LogP contribution >= 0.6 is 0 Å². The van der Waals surface area contributed by atoms with E-state index >= 15 is 0 Å². The lowest BCUT2D eigenvalue weighted by Gasteiger charge is -2.13. The summed E-state index contributed by atoms with van der Waals surface area (Å²) in [5, 5.41) is 6.65. The van der Waals surface area contributed by atoms with Crippen LogP contribution in [-0.4, -0.2) is 38.9 Å². The Kier molecular flexibility index (Phi) is 8.88. The molecule has 1 unspecified atom stereocenters. The van der Waals surface area contributed by atoms with Crippen LogP contribution in [0.4, 0.5) is 0 Å². The Morgan fingerprint density at radius 2 is 2.08 bits per heavy atom. The SMILES string of the molecule is CCNCC(C)NCCOCC. The fourth-order valence-electron chi connectivity index (χ4n) is 0.955. The molecule has 0 fully saturated rings. The van der Waals surface area contributed by atoms with E-state index in [1.807, 2.05) is 6.92 Å². The van der Waals surface area contributed by atoms with Crippen LogP contribution in [0.1, 0.15) is 20.8 Å². The maximum absolute atomic E-state index is 5.21. The molecule has 0 amide bonds. The molecule has 0 heterocycles. The first kappa shape index (κ1) is 11.9. The highest BCUT2D eigenvalue weighted by Gasteiger charge is 1.97. The Labute approximate surface area is 75.9 Å². The molecule has 0 aromatic heterocycles. The molecule has 0 aliphatic heterocycles. The normalized spacial score (nSPS) is 13.2. The van der Waals surface area contributed by atoms with Crippen molar-refractivity contribution in [3.63, 3.8) is 0 Å². The van der Waals surface area contributed by atoms with Crippen LogP contribution in [0.2, 0.25) is 0 Å². The Morgan fingerprint density at radius 3 is 2.67 bits per heavy atom. The van der Waals surface area contributed by atoms with Crippen LogP contribution in [0.3, 0.4) is 0 Å². The standard InChI is InChI=1S/C9H22N2O/c1-4-10-8-9(3)11-6-7-12-5-2/h9-11H,4-8H2,1-3H3. The van der Waals surface area contributed by atoms with Gasteiger partial charge >= 0.3 is 0 Å². The Balaban J connectivity index is 3.02. The molecule has 0 rings (SSSR count). The van der Waals surface area contributed by atoms with Gasteiger partial charge in [0.15, 0.2) is 0 Å². The van der Waals surface area contributed by atoms with Crippen LogP contribution in [0, 0.1) is 0 Å². The van der Waals surface area contributed by atoms with Gasteiger partial charge in [0.05, 0.1) is 6.61 Å². The molecule has 0 aromatic rings. The minimum absolute atomic E-state index is 0.533. The molecule has 0 aromatic carbocycles. The smallest absolute Gasteiger partial charge is 0.0590 e. The van der Waals surface area contributed by atoms with E-state index in [-0.39, 0.29) is 0 Å². The third-order valence-corrected chi connectivity index (χ3v) is 1.64. The summed E-state index contributed by atoms with van der Waals surface area (Å²) in [5.74, 6) is 0. The monoisotopic (exact) mass is 174 g/mol. The fraction of sp³-hybridized carbons (Fsp3) is 1.00. The zero-order chi connectivity index (χ0) is 9.23. The van der Waals surface area contributed by atoms with Gasteiger partial charge in [0, 0.05) is 25.7 Å². The van der Waals surface area contributed by atoms with Crippen molar-refractivity contribution in [2.75, 3.05) is 32.8 Å². The van der Waals surface area contributed by atoms with Gasteiger partial charge in [-0.25, -0.2) is 0 Å². The molecule has 0 spiro atoms. The minimum atomic E-state index is 0.533. The van der Waals surface area contributed by atoms with E-state index in [9.17, 15) is 0 Å². The fourth-order valence-corrected chi connectivity index (χ4v) is 0.955. The van der Waals surface area contributed by atoms with E-state index in [0.29, 0.717) is 6.04 Å². The maximum Gasteiger partial charge on any atom is 0.0590 e. The van der Waals surface area contributed by atoms with E-state index in [1.54, 1.807) is 0 Å². The zero-order valence-corrected chi connectivity index (χ0v) is 8.52. The second-order valence-electron chi connectivity index (χ2n) is 2.86. The highest BCUT2D eigenvalue weighted by molar-refractivity contribution is 4.62. The molecule has 0 saturated heterocycles. The first-order valence-corrected chi connectivity index (χ1v) is 4.83. The van der Waals surface area contributed by atoms with Gasteiger partial charge in [0.1, 0.15) is 0 Å². The summed E-state index contributed by atoms with van der Waals surface area (Å²) in [7, 11) is 0. The summed E-state index contributed by atoms with van der Waals surface area (Å²) >= 11 is 0. The minimum Gasteiger partial charge on any atom is -0.380 e. The molecule has 0 aliphatic rings. The molecule has 0 saturated carbocycles. The topological polar surface area (TPSA) is 33.3 Å². The van der Waals surface area contributed by atoms with Crippen LogP contribution in [0.5, 0.6) is 0 Å². The van der Waals surface area contributed by atoms with E-state index in [2.05, 4.69) is 24.5 Å². The highest BCUT2D eigenvalue weighted by atomic mass is 16.5. The number of likely N-dealkylation sites (N-methyl/N-ethyl adjacent to an activating group) is 1. The third kappa shape index (κ3) is 7.98. The summed E-state index contributed by atoms with van der Waals surface area (Å²) in [5.41, 5.74) is 0. The van der Waals surface area contributed by atoms with Gasteiger partial charge in [-0.05, 0) is 20.4 Å². The van der Waals surface area contributed by atoms with E-state index in [0.717, 1.165) is 32.8 Å². The van der Waals surface area contributed by atoms with Crippen molar-refractivity contribution in [2.45, 2.75) is 26.8 Å². The maximum atomic E-state index is 5.21. The molecule has 0 bridgehead atoms. The summed E-state index contributed by atoms with van der Waals surface area (Å²) in [4.78, 5) is 0. The average Bonchev–Trinajstić information content (AvgIpc) is 2.09. The second-order valence-corrected chi connectivity index (χ2v) is 2.86. The number of hydrogen-bond acceptors (Lipinski definition) is 3. The summed E-state index contributed by atoms with van der Waals surface area (Å²) in [6, 6.07) is 0.533. The number of hydrogen-bond donors (Lipinski definition) is 2. The van der Waals surface area contributed by atoms with Crippen LogP contribution in [0.25, 0.3) is 0 Å². The van der Waals surface area contributed by atoms with E-state index < -0.39 is 0 Å². The summed E-state index contributed by atoms with van der Waals surface area (Å²) in [6.07, 6.45) is 0. The lowest BCUT2D eigenvalue weighted by molar-refractivity contribution is 0.147. The lowest BCUT2D eigenvalue weighted by atomic mass is 10.3. The summed E-state index contributed by atoms with van der Waals surface area (Å²) < 4.78 is 5.21. The molecule has 74 valence electrons. The van der Waals surface area contributed by atoms with E-state index in [1.165, 1.54) is 0 Å². The summed E-state index contributed by atoms with van der Waals surface area (Å²) in [6.45, 7) is 10.9. The largest absolute Gasteiger partial charge is 0.380 e. The second kappa shape index (κ2) is 8.97. The molecule has 2 N–H and O–H groups in total. The molecule has 1 atom stereocenters. The average molecular weight is 174 g/mol. The Hall–Kier alpha value is -0.120. The molecule has 0 aliphatic carbocycles. The zero-order valence-electron chi connectivity index (χ0n) is 8.52. The molecule has 0 radical (unpaired) electrons. The molecule has 12 heavy (non-hydrogen) atoms. The van der Waals surface area contributed by atoms with Gasteiger partial charge in [-0.1, -0.05) is 6.92 Å². The quantitative estimate of drug-likeness (QED) is 0.529. The molecule has 3 heteroatoms. The van der Waals surface area contributed by atoms with Crippen molar-refractivity contribution < 1.29 is 4.74 Å². The predicted octanol–water partition coefficient (Wildman–Crippen LogP) is 0.610. The van der Waals surface area contributed by atoms with Gasteiger partial charge in [-0.3, -0.25) is 0 Å². The van der Waals surface area contributed by atoms with Crippen molar-refractivity contribution >= 4 is 0 Å². The molecule has 3 nitrogen and oxygen atoms in total. The van der Waals surface area contributed by atoms with Crippen molar-refractivity contribution in [3.8, 4) is 0 Å². The van der Waals surface area contributed by atoms with Gasteiger partial charge in [0.25, 0.3) is 0 Å². The van der Waals surface area contributed by atoms with Gasteiger partial charge in [-0.2, -0.15) is 0 Å². The number of ether oxygens (including phenoxy) is 1. The van der Waals surface area contributed by atoms with Crippen molar-refractivity contribution in [2.24, 2.45) is 0 Å². The lowest BCUT2D eigenvalue weighted by Crippen LogP contribution is -2.37. The first-order chi connectivity index (χ1) is 5.81. The number of nitrogens with one attached hydrogen (secondary N) is 2. The van der Waals surface area contributed by atoms with E-state index in [4.69, 9.17) is 4.74 Å². The predicted molar refractivity (Wildman–Crippen MR) is 52.5 cm³/mol. The van der Waals surface area contributed by atoms with Crippen LogP contribution in [0.15, 0.2) is 0 Å². The molecular weight excluding hydrogens is 152 g/mol. The van der Waals surface area contributed by atoms with Crippen molar-refractivity contribution in [3.05, 3.63) is 0 Å². The highest BCUT2D eigenvalue weighted by Crippen LogP contribution is 1.78. The third-order valence-electron chi connectivity index (χ3n) is 1.64. The van der Waals surface area contributed by atoms with Crippen LogP contribution < -0.4 is 10.6 Å². The van der Waals surface area contributed by atoms with Gasteiger partial charge in [-0.15, -0.1) is 0 Å². The first-order valence-electron chi connectivity index (χ1n) is 4.83. The number of rotatable bonds is 8. The van der Waals surface area contributed by atoms with Crippen LogP contribution in [-0.2, 0) is 4.74 Å². The van der Waals surface area contributed by atoms with Gasteiger partial charge < -0.3 is 15.4 Å². The van der Waals surface area contributed by atoms with Gasteiger partial charge in [0.2, 0.25) is 0 Å². The Bertz CT molecular complexity index is 88.6. The van der Waals surface area contributed by atoms with Crippen molar-refractivity contribution in [1.29, 1.82) is 0 Å². The van der Waals surface area contributed by atoms with Crippen molar-refractivity contribution in [1.82, 2.24) is 10.6 Å². The Morgan fingerprint density at radius 1 is 1.33 bits per heavy atom.